The minimum atomic E-state index is -0.962. The number of rotatable bonds is 3. The third kappa shape index (κ3) is 4.31. The van der Waals surface area contributed by atoms with E-state index >= 15 is 0 Å². The summed E-state index contributed by atoms with van der Waals surface area (Å²) in [6.07, 6.45) is 0. The number of halogens is 2. The van der Waals surface area contributed by atoms with Crippen molar-refractivity contribution in [2.24, 2.45) is 0 Å². The van der Waals surface area contributed by atoms with Crippen LogP contribution >= 0.6 is 0 Å². The first-order chi connectivity index (χ1) is 8.19. The lowest BCUT2D eigenvalue weighted by atomic mass is 10.2. The van der Waals surface area contributed by atoms with Crippen LogP contribution in [-0.4, -0.2) is 17.6 Å². The highest BCUT2D eigenvalue weighted by Crippen LogP contribution is 2.15. The summed E-state index contributed by atoms with van der Waals surface area (Å²) in [6.45, 7) is 6.87. The molecule has 1 aromatic carbocycles. The van der Waals surface area contributed by atoms with E-state index in [1.54, 1.807) is 27.7 Å². The third-order valence-corrected chi connectivity index (χ3v) is 2.06. The zero-order chi connectivity index (χ0) is 13.9. The molecule has 5 heteroatoms. The molecule has 100 valence electrons. The fourth-order valence-corrected chi connectivity index (χ4v) is 1.29. The van der Waals surface area contributed by atoms with Crippen molar-refractivity contribution in [1.82, 2.24) is 0 Å². The summed E-state index contributed by atoms with van der Waals surface area (Å²) >= 11 is 0. The molecule has 0 saturated heterocycles. The largest absolute Gasteiger partial charge is 0.458 e. The van der Waals surface area contributed by atoms with Crippen molar-refractivity contribution >= 4 is 11.7 Å². The number of nitrogens with one attached hydrogen (secondary N) is 1. The topological polar surface area (TPSA) is 38.3 Å². The van der Waals surface area contributed by atoms with E-state index in [1.165, 1.54) is 6.07 Å². The lowest BCUT2D eigenvalue weighted by Gasteiger charge is -2.23. The van der Waals surface area contributed by atoms with Gasteiger partial charge in [-0.1, -0.05) is 0 Å². The van der Waals surface area contributed by atoms with Crippen LogP contribution in [0.4, 0.5) is 14.5 Å². The van der Waals surface area contributed by atoms with Crippen molar-refractivity contribution in [3.05, 3.63) is 29.8 Å². The Bertz CT molecular complexity index is 441. The molecule has 1 rings (SSSR count). The average molecular weight is 257 g/mol. The van der Waals surface area contributed by atoms with Crippen LogP contribution in [-0.2, 0) is 9.53 Å². The number of hydrogen-bond acceptors (Lipinski definition) is 3. The highest BCUT2D eigenvalue weighted by atomic mass is 19.2. The van der Waals surface area contributed by atoms with Crippen molar-refractivity contribution in [2.75, 3.05) is 5.32 Å². The Morgan fingerprint density at radius 1 is 1.28 bits per heavy atom. The Morgan fingerprint density at radius 2 is 1.89 bits per heavy atom. The molecule has 0 saturated carbocycles. The molecule has 1 N–H and O–H groups in total. The number of ether oxygens (including phenoxy) is 1. The molecule has 0 spiro atoms. The highest BCUT2D eigenvalue weighted by molar-refractivity contribution is 5.79. The van der Waals surface area contributed by atoms with Crippen LogP contribution in [0, 0.1) is 11.6 Å². The van der Waals surface area contributed by atoms with E-state index in [0.29, 0.717) is 5.69 Å². The smallest absolute Gasteiger partial charge is 0.328 e. The molecule has 0 radical (unpaired) electrons. The summed E-state index contributed by atoms with van der Waals surface area (Å²) in [4.78, 5) is 11.7. The predicted octanol–water partition coefficient (Wildman–Crippen LogP) is 3.11. The van der Waals surface area contributed by atoms with Gasteiger partial charge >= 0.3 is 5.97 Å². The summed E-state index contributed by atoms with van der Waals surface area (Å²) in [5, 5.41) is 2.75. The number of carbonyl (C=O) groups excluding carboxylic acids is 1. The zero-order valence-electron chi connectivity index (χ0n) is 10.9. The van der Waals surface area contributed by atoms with Gasteiger partial charge < -0.3 is 10.1 Å². The maximum Gasteiger partial charge on any atom is 0.328 e. The monoisotopic (exact) mass is 257 g/mol. The van der Waals surface area contributed by atoms with Crippen LogP contribution in [0.1, 0.15) is 27.7 Å². The zero-order valence-corrected chi connectivity index (χ0v) is 10.9. The van der Waals surface area contributed by atoms with Crippen LogP contribution in [0.5, 0.6) is 0 Å². The van der Waals surface area contributed by atoms with Gasteiger partial charge in [0.2, 0.25) is 0 Å². The van der Waals surface area contributed by atoms with Crippen LogP contribution < -0.4 is 5.32 Å². The second kappa shape index (κ2) is 5.33. The first kappa shape index (κ1) is 14.4. The van der Waals surface area contributed by atoms with Crippen LogP contribution in [0.3, 0.4) is 0 Å². The Hall–Kier alpha value is -1.65. The van der Waals surface area contributed by atoms with E-state index in [9.17, 15) is 13.6 Å². The van der Waals surface area contributed by atoms with Gasteiger partial charge in [-0.3, -0.25) is 0 Å². The Labute approximate surface area is 105 Å². The number of carbonyl (C=O) groups is 1. The fourth-order valence-electron chi connectivity index (χ4n) is 1.29. The van der Waals surface area contributed by atoms with Gasteiger partial charge in [0.1, 0.15) is 11.6 Å². The molecule has 1 unspecified atom stereocenters. The third-order valence-electron chi connectivity index (χ3n) is 2.06. The second-order valence-electron chi connectivity index (χ2n) is 5.03. The molecule has 0 heterocycles. The van der Waals surface area contributed by atoms with Gasteiger partial charge in [0.05, 0.1) is 0 Å². The van der Waals surface area contributed by atoms with E-state index in [4.69, 9.17) is 4.74 Å². The molecule has 1 atom stereocenters. The van der Waals surface area contributed by atoms with Crippen molar-refractivity contribution in [3.8, 4) is 0 Å². The van der Waals surface area contributed by atoms with Gasteiger partial charge in [-0.2, -0.15) is 0 Å². The SMILES string of the molecule is CC(Nc1ccc(F)c(F)c1)C(=O)OC(C)(C)C. The maximum absolute atomic E-state index is 13.0. The molecular weight excluding hydrogens is 240 g/mol. The fraction of sp³-hybridized carbons (Fsp3) is 0.462. The van der Waals surface area contributed by atoms with Gasteiger partial charge in [-0.15, -0.1) is 0 Å². The minimum absolute atomic E-state index is 0.326. The standard InChI is InChI=1S/C13H17F2NO2/c1-8(12(17)18-13(2,3)4)16-9-5-6-10(14)11(15)7-9/h5-8,16H,1-4H3. The molecule has 3 nitrogen and oxygen atoms in total. The van der Waals surface area contributed by atoms with Gasteiger partial charge in [0, 0.05) is 11.8 Å². The van der Waals surface area contributed by atoms with E-state index < -0.39 is 29.2 Å². The Morgan fingerprint density at radius 3 is 2.39 bits per heavy atom. The maximum atomic E-state index is 13.0. The lowest BCUT2D eigenvalue weighted by Crippen LogP contribution is -2.34. The molecule has 0 aliphatic rings. The molecule has 0 aliphatic carbocycles. The normalized spacial score (nSPS) is 13.0. The molecule has 0 amide bonds. The average Bonchev–Trinajstić information content (AvgIpc) is 2.21. The van der Waals surface area contributed by atoms with Gasteiger partial charge in [0.15, 0.2) is 11.6 Å². The summed E-state index contributed by atoms with van der Waals surface area (Å²) < 4.78 is 30.8. The molecule has 0 fully saturated rings. The quantitative estimate of drug-likeness (QED) is 0.845. The van der Waals surface area contributed by atoms with Gasteiger partial charge in [-0.25, -0.2) is 13.6 Å². The second-order valence-corrected chi connectivity index (χ2v) is 5.03. The number of hydrogen-bond donors (Lipinski definition) is 1. The number of anilines is 1. The van der Waals surface area contributed by atoms with E-state index in [-0.39, 0.29) is 0 Å². The molecule has 0 bridgehead atoms. The highest BCUT2D eigenvalue weighted by Gasteiger charge is 2.21. The summed E-state index contributed by atoms with van der Waals surface area (Å²) in [5.74, 6) is -2.34. The molecule has 1 aromatic rings. The van der Waals surface area contributed by atoms with Crippen molar-refractivity contribution in [2.45, 2.75) is 39.3 Å². The Balaban J connectivity index is 2.66. The first-order valence-corrected chi connectivity index (χ1v) is 5.63. The Kier molecular flexibility index (Phi) is 4.27. The minimum Gasteiger partial charge on any atom is -0.458 e. The van der Waals surface area contributed by atoms with Crippen LogP contribution in [0.25, 0.3) is 0 Å². The van der Waals surface area contributed by atoms with Crippen molar-refractivity contribution in [3.63, 3.8) is 0 Å². The van der Waals surface area contributed by atoms with Gasteiger partial charge in [-0.05, 0) is 39.8 Å². The van der Waals surface area contributed by atoms with E-state index in [2.05, 4.69) is 5.32 Å². The predicted molar refractivity (Wildman–Crippen MR) is 65.3 cm³/mol. The van der Waals surface area contributed by atoms with Gasteiger partial charge in [0.25, 0.3) is 0 Å². The number of benzene rings is 1. The number of esters is 1. The molecule has 0 aromatic heterocycles. The molecular formula is C13H17F2NO2. The summed E-state index contributed by atoms with van der Waals surface area (Å²) in [6, 6.07) is 2.71. The van der Waals surface area contributed by atoms with Crippen LogP contribution in [0.2, 0.25) is 0 Å². The van der Waals surface area contributed by atoms with Crippen molar-refractivity contribution < 1.29 is 18.3 Å². The van der Waals surface area contributed by atoms with Crippen molar-refractivity contribution in [1.29, 1.82) is 0 Å². The molecule has 18 heavy (non-hydrogen) atoms. The molecule has 0 aliphatic heterocycles. The van der Waals surface area contributed by atoms with E-state index in [0.717, 1.165) is 12.1 Å². The van der Waals surface area contributed by atoms with Crippen LogP contribution in [0.15, 0.2) is 18.2 Å². The first-order valence-electron chi connectivity index (χ1n) is 5.63. The lowest BCUT2D eigenvalue weighted by molar-refractivity contribution is -0.155. The van der Waals surface area contributed by atoms with E-state index in [1.807, 2.05) is 0 Å². The summed E-state index contributed by atoms with van der Waals surface area (Å²) in [7, 11) is 0. The summed E-state index contributed by atoms with van der Waals surface area (Å²) in [5.41, 5.74) is -0.256.